The average molecular weight is 275 g/mol. The van der Waals surface area contributed by atoms with Crippen molar-refractivity contribution in [3.05, 3.63) is 35.9 Å². The molecule has 4 nitrogen and oxygen atoms in total. The highest BCUT2D eigenvalue weighted by molar-refractivity contribution is 5.93. The van der Waals surface area contributed by atoms with Gasteiger partial charge in [0, 0.05) is 6.42 Å². The lowest BCUT2D eigenvalue weighted by Gasteiger charge is -2.24. The number of carbonyl (C=O) groups excluding carboxylic acids is 2. The van der Waals surface area contributed by atoms with E-state index in [0.717, 1.165) is 5.56 Å². The van der Waals surface area contributed by atoms with Crippen LogP contribution < -0.4 is 0 Å². The Morgan fingerprint density at radius 3 is 2.55 bits per heavy atom. The largest absolute Gasteiger partial charge is 0.447 e. The normalized spacial score (nSPS) is 19.1. The van der Waals surface area contributed by atoms with E-state index in [1.54, 1.807) is 0 Å². The van der Waals surface area contributed by atoms with E-state index in [1.807, 2.05) is 51.1 Å². The van der Waals surface area contributed by atoms with Gasteiger partial charge in [0.05, 0.1) is 6.04 Å². The topological polar surface area (TPSA) is 46.6 Å². The minimum Gasteiger partial charge on any atom is -0.447 e. The van der Waals surface area contributed by atoms with Crippen molar-refractivity contribution in [2.75, 3.05) is 6.61 Å². The third-order valence-corrected chi connectivity index (χ3v) is 3.23. The van der Waals surface area contributed by atoms with Gasteiger partial charge in [0.2, 0.25) is 5.91 Å². The molecule has 4 heteroatoms. The molecule has 0 aromatic heterocycles. The van der Waals surface area contributed by atoms with Crippen molar-refractivity contribution in [1.82, 2.24) is 4.90 Å². The maximum Gasteiger partial charge on any atom is 0.416 e. The molecule has 1 aliphatic heterocycles. The van der Waals surface area contributed by atoms with Gasteiger partial charge in [0.1, 0.15) is 6.61 Å². The summed E-state index contributed by atoms with van der Waals surface area (Å²) in [6.45, 7) is 6.24. The predicted octanol–water partition coefficient (Wildman–Crippen LogP) is 3.01. The third-order valence-electron chi connectivity index (χ3n) is 3.23. The monoisotopic (exact) mass is 275 g/mol. The van der Waals surface area contributed by atoms with Crippen LogP contribution in [0.2, 0.25) is 0 Å². The fourth-order valence-corrected chi connectivity index (χ4v) is 2.34. The van der Waals surface area contributed by atoms with Crippen LogP contribution in [0.3, 0.4) is 0 Å². The number of carbonyl (C=O) groups is 2. The fourth-order valence-electron chi connectivity index (χ4n) is 2.34. The van der Waals surface area contributed by atoms with Crippen molar-refractivity contribution in [2.45, 2.75) is 39.7 Å². The first-order valence-corrected chi connectivity index (χ1v) is 6.89. The van der Waals surface area contributed by atoms with E-state index in [1.165, 1.54) is 4.90 Å². The molecule has 1 saturated heterocycles. The highest BCUT2D eigenvalue weighted by Crippen LogP contribution is 2.24. The molecule has 0 saturated carbocycles. The molecular formula is C16H21NO3. The van der Waals surface area contributed by atoms with Gasteiger partial charge < -0.3 is 4.74 Å². The molecule has 0 N–H and O–H groups in total. The summed E-state index contributed by atoms with van der Waals surface area (Å²) in [6.07, 6.45) is 0.468. The Hall–Kier alpha value is -1.84. The van der Waals surface area contributed by atoms with Crippen LogP contribution in [0.25, 0.3) is 0 Å². The smallest absolute Gasteiger partial charge is 0.416 e. The molecule has 108 valence electrons. The van der Waals surface area contributed by atoms with Crippen LogP contribution >= 0.6 is 0 Å². The van der Waals surface area contributed by atoms with E-state index < -0.39 is 6.09 Å². The van der Waals surface area contributed by atoms with Gasteiger partial charge in [-0.15, -0.1) is 0 Å². The Morgan fingerprint density at radius 2 is 1.95 bits per heavy atom. The van der Waals surface area contributed by atoms with E-state index >= 15 is 0 Å². The van der Waals surface area contributed by atoms with Crippen molar-refractivity contribution >= 4 is 12.0 Å². The molecule has 1 aromatic carbocycles. The Morgan fingerprint density at radius 1 is 1.30 bits per heavy atom. The van der Waals surface area contributed by atoms with Gasteiger partial charge in [0.25, 0.3) is 0 Å². The number of hydrogen-bond donors (Lipinski definition) is 0. The van der Waals surface area contributed by atoms with Crippen molar-refractivity contribution in [3.8, 4) is 0 Å². The number of nitrogens with zero attached hydrogens (tertiary/aromatic N) is 1. The summed E-state index contributed by atoms with van der Waals surface area (Å²) in [5, 5.41) is 0. The summed E-state index contributed by atoms with van der Waals surface area (Å²) < 4.78 is 5.05. The molecular weight excluding hydrogens is 254 g/mol. The van der Waals surface area contributed by atoms with Crippen LogP contribution in [0.15, 0.2) is 30.3 Å². The van der Waals surface area contributed by atoms with E-state index in [0.29, 0.717) is 12.8 Å². The van der Waals surface area contributed by atoms with Gasteiger partial charge in [0.15, 0.2) is 0 Å². The van der Waals surface area contributed by atoms with Crippen molar-refractivity contribution in [2.24, 2.45) is 5.41 Å². The van der Waals surface area contributed by atoms with Gasteiger partial charge in [-0.25, -0.2) is 9.69 Å². The standard InChI is InChI=1S/C16H21NO3/c1-16(2,3)10-14(18)17-13(11-20-15(17)19)9-12-7-5-4-6-8-12/h4-8,13H,9-11H2,1-3H3/t13-/m0/s1. The molecule has 0 radical (unpaired) electrons. The van der Waals surface area contributed by atoms with Gasteiger partial charge in [-0.1, -0.05) is 51.1 Å². The lowest BCUT2D eigenvalue weighted by atomic mass is 9.91. The van der Waals surface area contributed by atoms with Gasteiger partial charge in [-0.05, 0) is 17.4 Å². The minimum atomic E-state index is -0.514. The van der Waals surface area contributed by atoms with Crippen LogP contribution in [0.5, 0.6) is 0 Å². The molecule has 0 spiro atoms. The number of hydrogen-bond acceptors (Lipinski definition) is 3. The second kappa shape index (κ2) is 5.65. The van der Waals surface area contributed by atoms with Crippen LogP contribution in [0, 0.1) is 5.41 Å². The zero-order valence-electron chi connectivity index (χ0n) is 12.3. The lowest BCUT2D eigenvalue weighted by Crippen LogP contribution is -2.41. The summed E-state index contributed by atoms with van der Waals surface area (Å²) in [6, 6.07) is 9.65. The van der Waals surface area contributed by atoms with Crippen LogP contribution in [0.4, 0.5) is 4.79 Å². The van der Waals surface area contributed by atoms with Gasteiger partial charge in [-0.3, -0.25) is 4.79 Å². The minimum absolute atomic E-state index is 0.142. The Balaban J connectivity index is 2.09. The maximum atomic E-state index is 12.3. The van der Waals surface area contributed by atoms with Crippen LogP contribution in [-0.4, -0.2) is 29.5 Å². The molecule has 2 rings (SSSR count). The number of benzene rings is 1. The lowest BCUT2D eigenvalue weighted by molar-refractivity contribution is -0.131. The second-order valence-electron chi connectivity index (χ2n) is 6.42. The zero-order chi connectivity index (χ0) is 14.8. The molecule has 0 bridgehead atoms. The fraction of sp³-hybridized carbons (Fsp3) is 0.500. The first kappa shape index (κ1) is 14.6. The molecule has 0 aliphatic carbocycles. The second-order valence-corrected chi connectivity index (χ2v) is 6.42. The number of rotatable bonds is 3. The van der Waals surface area contributed by atoms with Crippen molar-refractivity contribution < 1.29 is 14.3 Å². The first-order valence-electron chi connectivity index (χ1n) is 6.89. The van der Waals surface area contributed by atoms with Crippen LogP contribution in [-0.2, 0) is 16.0 Å². The summed E-state index contributed by atoms with van der Waals surface area (Å²) in [5.41, 5.74) is 0.960. The number of imide groups is 1. The molecule has 1 aliphatic rings. The number of amides is 2. The number of ether oxygens (including phenoxy) is 1. The van der Waals surface area contributed by atoms with E-state index in [2.05, 4.69) is 0 Å². The molecule has 0 unspecified atom stereocenters. The summed E-state index contributed by atoms with van der Waals surface area (Å²) in [4.78, 5) is 25.4. The number of cyclic esters (lactones) is 1. The molecule has 1 fully saturated rings. The van der Waals surface area contributed by atoms with Crippen molar-refractivity contribution in [1.29, 1.82) is 0 Å². The van der Waals surface area contributed by atoms with E-state index in [4.69, 9.17) is 4.74 Å². The summed E-state index contributed by atoms with van der Waals surface area (Å²) in [7, 11) is 0. The first-order chi connectivity index (χ1) is 9.37. The van der Waals surface area contributed by atoms with Crippen molar-refractivity contribution in [3.63, 3.8) is 0 Å². The predicted molar refractivity (Wildman–Crippen MR) is 76.2 cm³/mol. The SMILES string of the molecule is CC(C)(C)CC(=O)N1C(=O)OC[C@@H]1Cc1ccccc1. The van der Waals surface area contributed by atoms with E-state index in [9.17, 15) is 9.59 Å². The maximum absolute atomic E-state index is 12.3. The van der Waals surface area contributed by atoms with Crippen LogP contribution in [0.1, 0.15) is 32.8 Å². The summed E-state index contributed by atoms with van der Waals surface area (Å²) in [5.74, 6) is -0.152. The van der Waals surface area contributed by atoms with Gasteiger partial charge >= 0.3 is 6.09 Å². The highest BCUT2D eigenvalue weighted by Gasteiger charge is 2.38. The third kappa shape index (κ3) is 3.59. The summed E-state index contributed by atoms with van der Waals surface area (Å²) >= 11 is 0. The van der Waals surface area contributed by atoms with Gasteiger partial charge in [-0.2, -0.15) is 0 Å². The molecule has 1 heterocycles. The Labute approximate surface area is 119 Å². The average Bonchev–Trinajstić information content (AvgIpc) is 2.69. The quantitative estimate of drug-likeness (QED) is 0.852. The molecule has 1 aromatic rings. The molecule has 1 atom stereocenters. The molecule has 20 heavy (non-hydrogen) atoms. The zero-order valence-corrected chi connectivity index (χ0v) is 12.3. The molecule has 2 amide bonds. The highest BCUT2D eigenvalue weighted by atomic mass is 16.6. The van der Waals surface area contributed by atoms with E-state index in [-0.39, 0.29) is 24.0 Å². The Kier molecular flexibility index (Phi) is 4.12. The Bertz CT molecular complexity index is 490.